The van der Waals surface area contributed by atoms with E-state index in [0.717, 1.165) is 5.75 Å². The molecular formula is C15H15BrOZn. The normalized spacial score (nSPS) is 9.67. The Kier molecular flexibility index (Phi) is 7.23. The Bertz CT molecular complexity index is 457. The van der Waals surface area contributed by atoms with Crippen LogP contribution in [0.1, 0.15) is 13.8 Å². The molecule has 0 aromatic heterocycles. The molecule has 0 amide bonds. The van der Waals surface area contributed by atoms with Gasteiger partial charge in [-0.15, -0.1) is 5.56 Å². The van der Waals surface area contributed by atoms with Gasteiger partial charge in [0, 0.05) is 0 Å². The van der Waals surface area contributed by atoms with Crippen molar-refractivity contribution >= 4 is 13.6 Å². The number of rotatable bonds is 3. The number of hydrogen-bond acceptors (Lipinski definition) is 1. The molecule has 1 nitrogen and oxygen atoms in total. The summed E-state index contributed by atoms with van der Waals surface area (Å²) in [6.07, 6.45) is 0.208. The van der Waals surface area contributed by atoms with Crippen molar-refractivity contribution < 1.29 is 21.1 Å². The van der Waals surface area contributed by atoms with E-state index in [1.54, 1.807) is 0 Å². The van der Waals surface area contributed by atoms with Crippen LogP contribution in [-0.2, 0) is 16.3 Å². The van der Waals surface area contributed by atoms with Crippen LogP contribution in [0.2, 0.25) is 0 Å². The molecule has 0 fully saturated rings. The van der Waals surface area contributed by atoms with Gasteiger partial charge in [0.25, 0.3) is 0 Å². The molecule has 0 heterocycles. The van der Waals surface area contributed by atoms with Crippen LogP contribution in [0.15, 0.2) is 48.5 Å². The molecule has 0 radical (unpaired) electrons. The second-order valence-electron chi connectivity index (χ2n) is 3.98. The first kappa shape index (κ1) is 15.4. The standard InChI is InChI=1S/C15H15O.BrH.Zn/c1-12(2)16-15-10-6-9-14(11-15)13-7-4-3-5-8-13;;/h4-12H,1-2H3;1H;/q-1;;+2/p-1. The molecule has 18 heavy (non-hydrogen) atoms. The van der Waals surface area contributed by atoms with E-state index in [4.69, 9.17) is 4.74 Å². The Hall–Kier alpha value is -0.657. The predicted molar refractivity (Wildman–Crippen MR) is 75.4 cm³/mol. The third-order valence-electron chi connectivity index (χ3n) is 2.26. The molecule has 90 valence electrons. The molecule has 2 aromatic carbocycles. The van der Waals surface area contributed by atoms with Crippen molar-refractivity contribution in [1.29, 1.82) is 0 Å². The van der Waals surface area contributed by atoms with Gasteiger partial charge in [-0.05, 0) is 31.5 Å². The van der Waals surface area contributed by atoms with Gasteiger partial charge in [0.2, 0.25) is 0 Å². The fraction of sp³-hybridized carbons (Fsp3) is 0.200. The average Bonchev–Trinajstić information content (AvgIpc) is 2.42. The van der Waals surface area contributed by atoms with E-state index in [2.05, 4.69) is 44.0 Å². The molecule has 0 N–H and O–H groups in total. The van der Waals surface area contributed by atoms with E-state index in [9.17, 15) is 0 Å². The predicted octanol–water partition coefficient (Wildman–Crippen LogP) is 4.78. The van der Waals surface area contributed by atoms with Crippen molar-refractivity contribution in [1.82, 2.24) is 0 Å². The van der Waals surface area contributed by atoms with Crippen LogP contribution in [0.3, 0.4) is 0 Å². The number of hydrogen-bond donors (Lipinski definition) is 0. The Morgan fingerprint density at radius 3 is 2.33 bits per heavy atom. The molecular weight excluding hydrogens is 341 g/mol. The third kappa shape index (κ3) is 4.91. The molecule has 2 aromatic rings. The Morgan fingerprint density at radius 1 is 1.06 bits per heavy atom. The van der Waals surface area contributed by atoms with Gasteiger partial charge in [-0.25, -0.2) is 0 Å². The topological polar surface area (TPSA) is 9.23 Å². The summed E-state index contributed by atoms with van der Waals surface area (Å²) in [5, 5.41) is 0. The van der Waals surface area contributed by atoms with E-state index in [0.29, 0.717) is 0 Å². The van der Waals surface area contributed by atoms with Gasteiger partial charge in [0.15, 0.2) is 0 Å². The molecule has 0 unspecified atom stereocenters. The van der Waals surface area contributed by atoms with Gasteiger partial charge in [0.1, 0.15) is 5.75 Å². The van der Waals surface area contributed by atoms with Crippen LogP contribution in [0.25, 0.3) is 11.1 Å². The zero-order chi connectivity index (χ0) is 13.4. The van der Waals surface area contributed by atoms with E-state index in [1.807, 2.05) is 38.1 Å². The van der Waals surface area contributed by atoms with Gasteiger partial charge in [0.05, 0.1) is 6.10 Å². The van der Waals surface area contributed by atoms with Gasteiger partial charge in [-0.1, -0.05) is 12.1 Å². The van der Waals surface area contributed by atoms with Gasteiger partial charge < -0.3 is 4.74 Å². The first-order chi connectivity index (χ1) is 8.75. The summed E-state index contributed by atoms with van der Waals surface area (Å²) in [6.45, 7) is 4.06. The molecule has 0 saturated carbocycles. The average molecular weight is 357 g/mol. The zero-order valence-electron chi connectivity index (χ0n) is 10.7. The van der Waals surface area contributed by atoms with Crippen LogP contribution in [0.5, 0.6) is 5.75 Å². The summed E-state index contributed by atoms with van der Waals surface area (Å²) in [5.41, 5.74) is 2.36. The Balaban J connectivity index is 0.000000771. The second-order valence-corrected chi connectivity index (χ2v) is 3.98. The molecule has 0 aliphatic rings. The fourth-order valence-corrected chi connectivity index (χ4v) is 1.60. The van der Waals surface area contributed by atoms with Gasteiger partial charge >= 0.3 is 30.0 Å². The van der Waals surface area contributed by atoms with E-state index < -0.39 is 0 Å². The Labute approximate surface area is 126 Å². The fourth-order valence-electron chi connectivity index (χ4n) is 1.60. The molecule has 0 spiro atoms. The molecule has 0 aliphatic carbocycles. The summed E-state index contributed by atoms with van der Waals surface area (Å²) in [7, 11) is 0. The van der Waals surface area contributed by atoms with E-state index >= 15 is 0 Å². The molecule has 0 bridgehead atoms. The van der Waals surface area contributed by atoms with Crippen LogP contribution in [-0.4, -0.2) is 6.10 Å². The molecule has 2 rings (SSSR count). The van der Waals surface area contributed by atoms with E-state index in [-0.39, 0.29) is 6.10 Å². The second kappa shape index (κ2) is 8.45. The van der Waals surface area contributed by atoms with Gasteiger partial charge in [-0.3, -0.25) is 0 Å². The third-order valence-corrected chi connectivity index (χ3v) is 2.26. The summed E-state index contributed by atoms with van der Waals surface area (Å²) in [6, 6.07) is 19.1. The van der Waals surface area contributed by atoms with E-state index in [1.165, 1.54) is 27.5 Å². The minimum absolute atomic E-state index is 0.208. The van der Waals surface area contributed by atoms with Crippen molar-refractivity contribution in [3.8, 4) is 16.9 Å². The number of benzene rings is 2. The summed E-state index contributed by atoms with van der Waals surface area (Å²) >= 11 is 4.25. The van der Waals surface area contributed by atoms with Crippen LogP contribution < -0.4 is 4.74 Å². The minimum atomic E-state index is 0.208. The molecule has 3 heteroatoms. The van der Waals surface area contributed by atoms with Crippen LogP contribution in [0, 0.1) is 6.07 Å². The number of ether oxygens (including phenoxy) is 1. The maximum absolute atomic E-state index is 5.67. The van der Waals surface area contributed by atoms with Crippen molar-refractivity contribution in [3.63, 3.8) is 0 Å². The molecule has 0 atom stereocenters. The maximum atomic E-state index is 5.67. The zero-order valence-corrected chi connectivity index (χ0v) is 15.2. The van der Waals surface area contributed by atoms with Crippen LogP contribution >= 0.6 is 13.6 Å². The van der Waals surface area contributed by atoms with Crippen molar-refractivity contribution in [3.05, 3.63) is 54.6 Å². The number of halogens is 1. The quantitative estimate of drug-likeness (QED) is 0.568. The molecule has 0 aliphatic heterocycles. The monoisotopic (exact) mass is 354 g/mol. The Morgan fingerprint density at radius 2 is 1.72 bits per heavy atom. The summed E-state index contributed by atoms with van der Waals surface area (Å²) < 4.78 is 5.67. The summed E-state index contributed by atoms with van der Waals surface area (Å²) in [5.74, 6) is 0.917. The van der Waals surface area contributed by atoms with Crippen molar-refractivity contribution in [2.45, 2.75) is 20.0 Å². The summed E-state index contributed by atoms with van der Waals surface area (Å²) in [4.78, 5) is 0. The van der Waals surface area contributed by atoms with Gasteiger partial charge in [-0.2, -0.15) is 30.3 Å². The first-order valence-corrected chi connectivity index (χ1v) is 12.7. The van der Waals surface area contributed by atoms with Crippen LogP contribution in [0.4, 0.5) is 0 Å². The SMILES string of the molecule is CC(C)Oc1cccc(-c2cc[c-]cc2)c1.[Zn+][Br]. The first-order valence-electron chi connectivity index (χ1n) is 5.75. The molecule has 0 saturated heterocycles. The van der Waals surface area contributed by atoms with Crippen molar-refractivity contribution in [2.24, 2.45) is 0 Å². The van der Waals surface area contributed by atoms with Crippen molar-refractivity contribution in [2.75, 3.05) is 0 Å².